The highest BCUT2D eigenvalue weighted by Gasteiger charge is 2.17. The molecule has 3 aromatic carbocycles. The number of aromatic nitrogens is 2. The lowest BCUT2D eigenvalue weighted by molar-refractivity contribution is 0.0952. The lowest BCUT2D eigenvalue weighted by atomic mass is 10.0. The standard InChI is InChI=1S/C33H30BrN5O/c34-25-9-11-30-27(17-25)29(21-36-30)32-18-28(33(40)37-20-24-6-3-5-23(15-24)19-35)26-16-22(8-10-31(26)38-32)7-4-14-39-12-1-2-13-39/h3,5-6,8-11,15-18,21,36H,1-2,12-14,19-20,35H2,(H,37,40). The van der Waals surface area contributed by atoms with E-state index in [4.69, 9.17) is 10.7 Å². The summed E-state index contributed by atoms with van der Waals surface area (Å²) in [7, 11) is 0. The lowest BCUT2D eigenvalue weighted by Crippen LogP contribution is -2.23. The maximum atomic E-state index is 13.7. The van der Waals surface area contributed by atoms with Gasteiger partial charge in [0.25, 0.3) is 5.91 Å². The zero-order valence-electron chi connectivity index (χ0n) is 22.1. The van der Waals surface area contributed by atoms with Gasteiger partial charge in [0.05, 0.1) is 23.3 Å². The van der Waals surface area contributed by atoms with E-state index in [0.29, 0.717) is 18.7 Å². The maximum absolute atomic E-state index is 13.7. The third kappa shape index (κ3) is 5.66. The van der Waals surface area contributed by atoms with E-state index in [9.17, 15) is 4.79 Å². The summed E-state index contributed by atoms with van der Waals surface area (Å²) >= 11 is 3.58. The summed E-state index contributed by atoms with van der Waals surface area (Å²) in [6.45, 7) is 3.86. The first-order valence-electron chi connectivity index (χ1n) is 13.6. The highest BCUT2D eigenvalue weighted by atomic mass is 79.9. The number of benzene rings is 3. The van der Waals surface area contributed by atoms with Gasteiger partial charge in [-0.25, -0.2) is 4.98 Å². The molecule has 1 saturated heterocycles. The van der Waals surface area contributed by atoms with E-state index in [1.54, 1.807) is 0 Å². The fraction of sp³-hybridized carbons (Fsp3) is 0.212. The second-order valence-electron chi connectivity index (χ2n) is 10.2. The minimum atomic E-state index is -0.157. The molecule has 6 rings (SSSR count). The van der Waals surface area contributed by atoms with Gasteiger partial charge in [0, 0.05) is 51.2 Å². The number of rotatable bonds is 6. The molecule has 6 nitrogen and oxygen atoms in total. The predicted octanol–water partition coefficient (Wildman–Crippen LogP) is 5.98. The van der Waals surface area contributed by atoms with Gasteiger partial charge >= 0.3 is 0 Å². The molecule has 200 valence electrons. The molecule has 0 spiro atoms. The number of likely N-dealkylation sites (tertiary alicyclic amines) is 1. The molecule has 0 atom stereocenters. The number of pyridine rings is 1. The molecule has 1 aliphatic rings. The van der Waals surface area contributed by atoms with E-state index in [-0.39, 0.29) is 5.91 Å². The van der Waals surface area contributed by atoms with Crippen molar-refractivity contribution in [3.8, 4) is 23.1 Å². The number of nitrogens with one attached hydrogen (secondary N) is 2. The molecule has 0 unspecified atom stereocenters. The van der Waals surface area contributed by atoms with Gasteiger partial charge in [-0.3, -0.25) is 9.69 Å². The van der Waals surface area contributed by atoms with Crippen LogP contribution in [-0.4, -0.2) is 40.4 Å². The molecule has 1 fully saturated rings. The smallest absolute Gasteiger partial charge is 0.252 e. The number of H-pyrrole nitrogens is 1. The van der Waals surface area contributed by atoms with Gasteiger partial charge < -0.3 is 16.0 Å². The minimum Gasteiger partial charge on any atom is -0.360 e. The van der Waals surface area contributed by atoms with Gasteiger partial charge in [-0.2, -0.15) is 0 Å². The molecule has 5 aromatic rings. The molecule has 7 heteroatoms. The van der Waals surface area contributed by atoms with E-state index in [2.05, 4.69) is 49.0 Å². The summed E-state index contributed by atoms with van der Waals surface area (Å²) in [5, 5.41) is 4.93. The van der Waals surface area contributed by atoms with Crippen molar-refractivity contribution in [1.29, 1.82) is 0 Å². The molecule has 40 heavy (non-hydrogen) atoms. The van der Waals surface area contributed by atoms with Crippen molar-refractivity contribution in [2.45, 2.75) is 25.9 Å². The fourth-order valence-electron chi connectivity index (χ4n) is 5.27. The summed E-state index contributed by atoms with van der Waals surface area (Å²) < 4.78 is 0.983. The first-order chi connectivity index (χ1) is 19.6. The summed E-state index contributed by atoms with van der Waals surface area (Å²) in [4.78, 5) is 24.4. The van der Waals surface area contributed by atoms with Crippen LogP contribution in [0.4, 0.5) is 0 Å². The Bertz CT molecular complexity index is 1770. The Morgan fingerprint density at radius 2 is 1.88 bits per heavy atom. The first-order valence-corrected chi connectivity index (χ1v) is 14.4. The van der Waals surface area contributed by atoms with Crippen molar-refractivity contribution >= 4 is 43.6 Å². The SMILES string of the molecule is NCc1cccc(CNC(=O)c2cc(-c3c[nH]c4ccc(Br)cc34)nc3ccc(C#CCN4CCCC4)cc23)c1. The molecule has 3 heterocycles. The number of hydrogen-bond donors (Lipinski definition) is 3. The number of hydrogen-bond acceptors (Lipinski definition) is 4. The Balaban J connectivity index is 1.38. The van der Waals surface area contributed by atoms with E-state index in [0.717, 1.165) is 73.9 Å². The van der Waals surface area contributed by atoms with Crippen molar-refractivity contribution in [2.75, 3.05) is 19.6 Å². The molecule has 4 N–H and O–H groups in total. The van der Waals surface area contributed by atoms with Crippen molar-refractivity contribution in [3.63, 3.8) is 0 Å². The zero-order valence-corrected chi connectivity index (χ0v) is 23.7. The first kappa shape index (κ1) is 26.3. The van der Waals surface area contributed by atoms with Crippen LogP contribution in [0.5, 0.6) is 0 Å². The van der Waals surface area contributed by atoms with Crippen LogP contribution in [0.3, 0.4) is 0 Å². The number of halogens is 1. The molecule has 2 aromatic heterocycles. The highest BCUT2D eigenvalue weighted by molar-refractivity contribution is 9.10. The van der Waals surface area contributed by atoms with E-state index in [1.807, 2.05) is 66.9 Å². The van der Waals surface area contributed by atoms with Crippen LogP contribution in [0, 0.1) is 11.8 Å². The Kier molecular flexibility index (Phi) is 7.65. The second kappa shape index (κ2) is 11.6. The van der Waals surface area contributed by atoms with E-state index < -0.39 is 0 Å². The number of fused-ring (bicyclic) bond motifs is 2. The van der Waals surface area contributed by atoms with Crippen LogP contribution < -0.4 is 11.1 Å². The van der Waals surface area contributed by atoms with Gasteiger partial charge in [0.15, 0.2) is 0 Å². The maximum Gasteiger partial charge on any atom is 0.252 e. The van der Waals surface area contributed by atoms with Gasteiger partial charge in [0.1, 0.15) is 0 Å². The van der Waals surface area contributed by atoms with Crippen LogP contribution in [0.1, 0.15) is 39.9 Å². The molecule has 1 aliphatic heterocycles. The molecular formula is C33H30BrN5O. The molecule has 0 radical (unpaired) electrons. The number of nitrogens with zero attached hydrogens (tertiary/aromatic N) is 2. The molecule has 1 amide bonds. The van der Waals surface area contributed by atoms with Crippen molar-refractivity contribution in [1.82, 2.24) is 20.2 Å². The third-order valence-corrected chi connectivity index (χ3v) is 7.88. The summed E-state index contributed by atoms with van der Waals surface area (Å²) in [6, 6.07) is 21.9. The zero-order chi connectivity index (χ0) is 27.5. The number of nitrogens with two attached hydrogens (primary N) is 1. The van der Waals surface area contributed by atoms with Gasteiger partial charge in [0.2, 0.25) is 0 Å². The number of carbonyl (C=O) groups excluding carboxylic acids is 1. The van der Waals surface area contributed by atoms with Crippen LogP contribution >= 0.6 is 15.9 Å². The number of aromatic amines is 1. The summed E-state index contributed by atoms with van der Waals surface area (Å²) in [5.74, 6) is 6.45. The Morgan fingerprint density at radius 1 is 1.02 bits per heavy atom. The molecule has 0 bridgehead atoms. The minimum absolute atomic E-state index is 0.157. The van der Waals surface area contributed by atoms with E-state index >= 15 is 0 Å². The predicted molar refractivity (Wildman–Crippen MR) is 165 cm³/mol. The van der Waals surface area contributed by atoms with Crippen molar-refractivity contribution in [3.05, 3.63) is 99.7 Å². The molecule has 0 aliphatic carbocycles. The van der Waals surface area contributed by atoms with Gasteiger partial charge in [-0.15, -0.1) is 0 Å². The van der Waals surface area contributed by atoms with Crippen LogP contribution in [-0.2, 0) is 13.1 Å². The summed E-state index contributed by atoms with van der Waals surface area (Å²) in [5.41, 5.74) is 12.7. The average molecular weight is 593 g/mol. The number of amides is 1. The quantitative estimate of drug-likeness (QED) is 0.212. The van der Waals surface area contributed by atoms with Gasteiger partial charge in [-0.1, -0.05) is 52.0 Å². The lowest BCUT2D eigenvalue weighted by Gasteiger charge is -2.12. The Labute approximate surface area is 242 Å². The number of carbonyl (C=O) groups is 1. The highest BCUT2D eigenvalue weighted by Crippen LogP contribution is 2.32. The van der Waals surface area contributed by atoms with Crippen LogP contribution in [0.25, 0.3) is 33.1 Å². The Hall–Kier alpha value is -3.96. The van der Waals surface area contributed by atoms with Crippen LogP contribution in [0.15, 0.2) is 77.4 Å². The van der Waals surface area contributed by atoms with Crippen molar-refractivity contribution in [2.24, 2.45) is 5.73 Å². The molecule has 0 saturated carbocycles. The molecular weight excluding hydrogens is 562 g/mol. The Morgan fingerprint density at radius 3 is 2.73 bits per heavy atom. The normalized spacial score (nSPS) is 13.4. The second-order valence-corrected chi connectivity index (χ2v) is 11.1. The summed E-state index contributed by atoms with van der Waals surface area (Å²) in [6.07, 6.45) is 4.44. The van der Waals surface area contributed by atoms with Gasteiger partial charge in [-0.05, 0) is 79.5 Å². The topological polar surface area (TPSA) is 87.0 Å². The third-order valence-electron chi connectivity index (χ3n) is 7.39. The van der Waals surface area contributed by atoms with Crippen molar-refractivity contribution < 1.29 is 4.79 Å². The average Bonchev–Trinajstić information content (AvgIpc) is 3.65. The largest absolute Gasteiger partial charge is 0.360 e. The van der Waals surface area contributed by atoms with E-state index in [1.165, 1.54) is 12.8 Å². The van der Waals surface area contributed by atoms with Crippen LogP contribution in [0.2, 0.25) is 0 Å². The monoisotopic (exact) mass is 591 g/mol. The fourth-order valence-corrected chi connectivity index (χ4v) is 5.63.